The molecule has 2 aromatic carbocycles. The molecule has 2 N–H and O–H groups in total. The first-order valence-corrected chi connectivity index (χ1v) is 5.40. The summed E-state index contributed by atoms with van der Waals surface area (Å²) in [5.74, 6) is -8.63. The van der Waals surface area contributed by atoms with E-state index in [9.17, 15) is 22.0 Å². The van der Waals surface area contributed by atoms with Crippen LogP contribution in [-0.4, -0.2) is 0 Å². The van der Waals surface area contributed by atoms with Crippen LogP contribution in [0.25, 0.3) is 0 Å². The standard InChI is InChI=1S/C13H8F5NO/c14-7-2-1-3-10(19)6(7)5-20-13-11(17)8(15)4-9(16)12(13)18/h1-4H,5,19H2. The highest BCUT2D eigenvalue weighted by Gasteiger charge is 2.21. The van der Waals surface area contributed by atoms with Crippen molar-refractivity contribution in [3.63, 3.8) is 0 Å². The summed E-state index contributed by atoms with van der Waals surface area (Å²) >= 11 is 0. The minimum absolute atomic E-state index is 0.0114. The summed E-state index contributed by atoms with van der Waals surface area (Å²) < 4.78 is 70.6. The molecule has 0 radical (unpaired) electrons. The van der Waals surface area contributed by atoms with Crippen LogP contribution in [0, 0.1) is 29.1 Å². The zero-order valence-electron chi connectivity index (χ0n) is 9.89. The molecule has 0 saturated carbocycles. The Morgan fingerprint density at radius 3 is 2.05 bits per heavy atom. The third-order valence-electron chi connectivity index (χ3n) is 2.59. The largest absolute Gasteiger partial charge is 0.482 e. The maximum absolute atomic E-state index is 13.4. The number of benzene rings is 2. The van der Waals surface area contributed by atoms with E-state index < -0.39 is 41.4 Å². The van der Waals surface area contributed by atoms with Gasteiger partial charge in [-0.05, 0) is 12.1 Å². The van der Waals surface area contributed by atoms with E-state index in [1.54, 1.807) is 0 Å². The van der Waals surface area contributed by atoms with Crippen molar-refractivity contribution in [2.75, 3.05) is 5.73 Å². The maximum Gasteiger partial charge on any atom is 0.203 e. The van der Waals surface area contributed by atoms with E-state index in [0.717, 1.165) is 6.07 Å². The van der Waals surface area contributed by atoms with Crippen LogP contribution in [0.3, 0.4) is 0 Å². The topological polar surface area (TPSA) is 35.2 Å². The van der Waals surface area contributed by atoms with Gasteiger partial charge in [-0.25, -0.2) is 13.2 Å². The van der Waals surface area contributed by atoms with Crippen LogP contribution in [0.1, 0.15) is 5.56 Å². The van der Waals surface area contributed by atoms with Gasteiger partial charge in [0.05, 0.1) is 0 Å². The Hall–Kier alpha value is -2.31. The van der Waals surface area contributed by atoms with E-state index in [2.05, 4.69) is 4.74 Å². The van der Waals surface area contributed by atoms with Gasteiger partial charge < -0.3 is 10.5 Å². The smallest absolute Gasteiger partial charge is 0.203 e. The van der Waals surface area contributed by atoms with Gasteiger partial charge in [0.15, 0.2) is 17.4 Å². The van der Waals surface area contributed by atoms with Gasteiger partial charge in [-0.15, -0.1) is 0 Å². The number of nitrogen functional groups attached to an aromatic ring is 1. The lowest BCUT2D eigenvalue weighted by atomic mass is 10.2. The zero-order chi connectivity index (χ0) is 14.9. The zero-order valence-corrected chi connectivity index (χ0v) is 9.89. The van der Waals surface area contributed by atoms with Gasteiger partial charge in [0.2, 0.25) is 11.6 Å². The Morgan fingerprint density at radius 2 is 1.50 bits per heavy atom. The highest BCUT2D eigenvalue weighted by atomic mass is 19.2. The molecule has 0 heterocycles. The normalized spacial score (nSPS) is 10.7. The molecule has 0 fully saturated rings. The molecule has 20 heavy (non-hydrogen) atoms. The summed E-state index contributed by atoms with van der Waals surface area (Å²) in [5, 5.41) is 0. The van der Waals surface area contributed by atoms with Crippen LogP contribution in [0.2, 0.25) is 0 Å². The average molecular weight is 289 g/mol. The van der Waals surface area contributed by atoms with Crippen molar-refractivity contribution in [3.05, 3.63) is 58.9 Å². The first-order chi connectivity index (χ1) is 9.41. The predicted octanol–water partition coefficient (Wildman–Crippen LogP) is 3.54. The van der Waals surface area contributed by atoms with Gasteiger partial charge in [-0.3, -0.25) is 0 Å². The summed E-state index contributed by atoms with van der Waals surface area (Å²) in [4.78, 5) is 0. The molecule has 0 atom stereocenters. The van der Waals surface area contributed by atoms with Crippen LogP contribution in [0.15, 0.2) is 24.3 Å². The third kappa shape index (κ3) is 2.52. The quantitative estimate of drug-likeness (QED) is 0.533. The van der Waals surface area contributed by atoms with E-state index in [1.165, 1.54) is 12.1 Å². The van der Waals surface area contributed by atoms with Crippen molar-refractivity contribution in [2.24, 2.45) is 0 Å². The number of hydrogen-bond acceptors (Lipinski definition) is 2. The van der Waals surface area contributed by atoms with Gasteiger partial charge in [0, 0.05) is 17.3 Å². The van der Waals surface area contributed by atoms with Gasteiger partial charge in [0.1, 0.15) is 12.4 Å². The number of ether oxygens (including phenoxy) is 1. The van der Waals surface area contributed by atoms with Crippen LogP contribution in [0.5, 0.6) is 5.75 Å². The summed E-state index contributed by atoms with van der Waals surface area (Å²) in [6, 6.07) is 3.79. The number of rotatable bonds is 3. The highest BCUT2D eigenvalue weighted by Crippen LogP contribution is 2.28. The minimum Gasteiger partial charge on any atom is -0.482 e. The number of halogens is 5. The Morgan fingerprint density at radius 1 is 0.900 bits per heavy atom. The number of hydrogen-bond donors (Lipinski definition) is 1. The van der Waals surface area contributed by atoms with Crippen molar-refractivity contribution >= 4 is 5.69 Å². The summed E-state index contributed by atoms with van der Waals surface area (Å²) in [6.07, 6.45) is 0. The number of anilines is 1. The summed E-state index contributed by atoms with van der Waals surface area (Å²) in [6.45, 7) is -0.671. The molecule has 0 unspecified atom stereocenters. The molecule has 0 aliphatic carbocycles. The molecule has 106 valence electrons. The monoisotopic (exact) mass is 289 g/mol. The molecule has 0 amide bonds. The molecule has 0 spiro atoms. The Labute approximate surface area is 110 Å². The number of nitrogens with two attached hydrogens (primary N) is 1. The second-order valence-corrected chi connectivity index (χ2v) is 3.89. The van der Waals surface area contributed by atoms with Crippen LogP contribution < -0.4 is 10.5 Å². The summed E-state index contributed by atoms with van der Waals surface area (Å²) in [7, 11) is 0. The van der Waals surface area contributed by atoms with E-state index in [0.29, 0.717) is 0 Å². The molecule has 0 aliphatic rings. The summed E-state index contributed by atoms with van der Waals surface area (Å²) in [5.41, 5.74) is 5.28. The molecule has 0 aliphatic heterocycles. The predicted molar refractivity (Wildman–Crippen MR) is 61.4 cm³/mol. The van der Waals surface area contributed by atoms with Crippen molar-refractivity contribution in [3.8, 4) is 5.75 Å². The molecular formula is C13H8F5NO. The van der Waals surface area contributed by atoms with Gasteiger partial charge in [-0.1, -0.05) is 6.07 Å². The van der Waals surface area contributed by atoms with E-state index in [-0.39, 0.29) is 17.3 Å². The molecule has 7 heteroatoms. The maximum atomic E-state index is 13.4. The van der Waals surface area contributed by atoms with Crippen molar-refractivity contribution in [1.82, 2.24) is 0 Å². The van der Waals surface area contributed by atoms with Crippen molar-refractivity contribution in [2.45, 2.75) is 6.61 Å². The second kappa shape index (κ2) is 5.36. The first kappa shape index (κ1) is 14.1. The molecule has 0 bridgehead atoms. The minimum atomic E-state index is -1.70. The van der Waals surface area contributed by atoms with Gasteiger partial charge in [-0.2, -0.15) is 8.78 Å². The Bertz CT molecular complexity index is 613. The molecule has 0 aromatic heterocycles. The van der Waals surface area contributed by atoms with Crippen LogP contribution in [0.4, 0.5) is 27.6 Å². The third-order valence-corrected chi connectivity index (χ3v) is 2.59. The first-order valence-electron chi connectivity index (χ1n) is 5.40. The fourth-order valence-corrected chi connectivity index (χ4v) is 1.55. The lowest BCUT2D eigenvalue weighted by molar-refractivity contribution is 0.258. The molecule has 2 nitrogen and oxygen atoms in total. The van der Waals surface area contributed by atoms with Gasteiger partial charge >= 0.3 is 0 Å². The fraction of sp³-hybridized carbons (Fsp3) is 0.0769. The molecule has 0 saturated heterocycles. The van der Waals surface area contributed by atoms with E-state index in [4.69, 9.17) is 5.73 Å². The van der Waals surface area contributed by atoms with Crippen LogP contribution >= 0.6 is 0 Å². The Balaban J connectivity index is 2.32. The highest BCUT2D eigenvalue weighted by molar-refractivity contribution is 5.47. The van der Waals surface area contributed by atoms with Crippen molar-refractivity contribution in [1.29, 1.82) is 0 Å². The lowest BCUT2D eigenvalue weighted by Gasteiger charge is -2.11. The Kier molecular flexibility index (Phi) is 3.78. The lowest BCUT2D eigenvalue weighted by Crippen LogP contribution is -2.07. The average Bonchev–Trinajstić information content (AvgIpc) is 2.39. The van der Waals surface area contributed by atoms with E-state index in [1.807, 2.05) is 0 Å². The second-order valence-electron chi connectivity index (χ2n) is 3.89. The molecule has 2 rings (SSSR count). The van der Waals surface area contributed by atoms with Crippen LogP contribution in [-0.2, 0) is 6.61 Å². The molecule has 2 aromatic rings. The fourth-order valence-electron chi connectivity index (χ4n) is 1.55. The SMILES string of the molecule is Nc1cccc(F)c1COc1c(F)c(F)cc(F)c1F. The van der Waals surface area contributed by atoms with Gasteiger partial charge in [0.25, 0.3) is 0 Å². The van der Waals surface area contributed by atoms with E-state index >= 15 is 0 Å². The molecular weight excluding hydrogens is 281 g/mol. The van der Waals surface area contributed by atoms with Crippen molar-refractivity contribution < 1.29 is 26.7 Å².